The Kier molecular flexibility index (Phi) is 4.52. The monoisotopic (exact) mass is 404 g/mol. The molecule has 5 nitrogen and oxygen atoms in total. The summed E-state index contributed by atoms with van der Waals surface area (Å²) in [6, 6.07) is 6.95. The number of rotatable bonds is 6. The van der Waals surface area contributed by atoms with E-state index in [1.54, 1.807) is 29.6 Å². The van der Waals surface area contributed by atoms with Crippen molar-refractivity contribution in [3.63, 3.8) is 0 Å². The third-order valence-corrected chi connectivity index (χ3v) is 6.26. The van der Waals surface area contributed by atoms with Gasteiger partial charge in [0.05, 0.1) is 5.69 Å². The van der Waals surface area contributed by atoms with E-state index in [0.717, 1.165) is 24.1 Å². The lowest BCUT2D eigenvalue weighted by atomic mass is 10.0. The molecule has 1 N–H and O–H groups in total. The van der Waals surface area contributed by atoms with Gasteiger partial charge in [-0.25, -0.2) is 14.7 Å². The van der Waals surface area contributed by atoms with Crippen molar-refractivity contribution < 1.29 is 14.7 Å². The highest BCUT2D eigenvalue weighted by Gasteiger charge is 2.29. The molecule has 1 fully saturated rings. The molecule has 0 atom stereocenters. The van der Waals surface area contributed by atoms with Crippen molar-refractivity contribution in [2.24, 2.45) is 0 Å². The maximum absolute atomic E-state index is 11.9. The summed E-state index contributed by atoms with van der Waals surface area (Å²) < 4.78 is 0. The number of halogens is 1. The van der Waals surface area contributed by atoms with E-state index in [1.807, 2.05) is 5.38 Å². The highest BCUT2D eigenvalue weighted by Crippen LogP contribution is 2.44. The fraction of sp³-hybridized carbons (Fsp3) is 0.167. The van der Waals surface area contributed by atoms with E-state index >= 15 is 0 Å². The Balaban J connectivity index is 1.77. The van der Waals surface area contributed by atoms with E-state index in [4.69, 9.17) is 11.6 Å². The fourth-order valence-corrected chi connectivity index (χ4v) is 4.81. The molecular formula is C18H13ClN2O3S2. The number of amides is 1. The van der Waals surface area contributed by atoms with Gasteiger partial charge in [0.2, 0.25) is 6.41 Å². The van der Waals surface area contributed by atoms with E-state index < -0.39 is 5.97 Å². The molecule has 8 heteroatoms. The summed E-state index contributed by atoms with van der Waals surface area (Å²) in [7, 11) is 0. The van der Waals surface area contributed by atoms with Crippen molar-refractivity contribution in [3.05, 3.63) is 51.3 Å². The molecule has 26 heavy (non-hydrogen) atoms. The first kappa shape index (κ1) is 17.2. The van der Waals surface area contributed by atoms with Crippen LogP contribution in [0.25, 0.3) is 11.1 Å². The lowest BCUT2D eigenvalue weighted by Crippen LogP contribution is -2.16. The molecule has 1 saturated carbocycles. The number of thiazole rings is 1. The summed E-state index contributed by atoms with van der Waals surface area (Å²) in [6.07, 6.45) is 2.86. The number of aromatic nitrogens is 1. The van der Waals surface area contributed by atoms with Crippen LogP contribution in [0, 0.1) is 0 Å². The Hall–Kier alpha value is -2.22. The molecule has 1 aromatic carbocycles. The number of carbonyl (C=O) groups is 2. The zero-order valence-electron chi connectivity index (χ0n) is 13.4. The molecule has 1 aliphatic rings. The minimum Gasteiger partial charge on any atom is -0.478 e. The first-order valence-electron chi connectivity index (χ1n) is 7.89. The maximum atomic E-state index is 11.9. The van der Waals surface area contributed by atoms with Gasteiger partial charge in [-0.05, 0) is 30.5 Å². The Bertz CT molecular complexity index is 977. The molecular weight excluding hydrogens is 392 g/mol. The number of hydrogen-bond donors (Lipinski definition) is 1. The molecule has 2 aromatic heterocycles. The lowest BCUT2D eigenvalue weighted by Gasteiger charge is -2.13. The molecule has 0 saturated heterocycles. The van der Waals surface area contributed by atoms with Crippen LogP contribution in [-0.2, 0) is 4.79 Å². The van der Waals surface area contributed by atoms with Gasteiger partial charge in [0.25, 0.3) is 0 Å². The van der Waals surface area contributed by atoms with Gasteiger partial charge in [0, 0.05) is 27.3 Å². The normalized spacial score (nSPS) is 13.6. The average Bonchev–Trinajstić information content (AvgIpc) is 3.20. The van der Waals surface area contributed by atoms with Gasteiger partial charge in [-0.2, -0.15) is 0 Å². The standard InChI is InChI=1S/C18H13ClN2O3S2/c19-12-5-3-10(4-6-12)13-7-25-16(15(13)17(23)24)21(9-22)18-20-14(8-26-18)11-1-2-11/h3-9,11H,1-2H2,(H,23,24). The largest absolute Gasteiger partial charge is 0.478 e. The summed E-state index contributed by atoms with van der Waals surface area (Å²) in [5.41, 5.74) is 2.36. The first-order valence-corrected chi connectivity index (χ1v) is 10.0. The quantitative estimate of drug-likeness (QED) is 0.559. The first-order chi connectivity index (χ1) is 12.6. The van der Waals surface area contributed by atoms with Crippen LogP contribution in [0.15, 0.2) is 35.0 Å². The van der Waals surface area contributed by atoms with Gasteiger partial charge in [-0.1, -0.05) is 23.7 Å². The summed E-state index contributed by atoms with van der Waals surface area (Å²) in [6.45, 7) is 0. The molecule has 3 aromatic rings. The predicted octanol–water partition coefficient (Wildman–Crippen LogP) is 5.40. The highest BCUT2D eigenvalue weighted by atomic mass is 35.5. The summed E-state index contributed by atoms with van der Waals surface area (Å²) >= 11 is 8.48. The van der Waals surface area contributed by atoms with Crippen molar-refractivity contribution in [1.29, 1.82) is 0 Å². The number of nitrogens with zero attached hydrogens (tertiary/aromatic N) is 2. The van der Waals surface area contributed by atoms with Crippen LogP contribution in [0.4, 0.5) is 10.1 Å². The van der Waals surface area contributed by atoms with Gasteiger partial charge < -0.3 is 5.11 Å². The number of carboxylic acid groups (broad SMARTS) is 1. The number of anilines is 2. The van der Waals surface area contributed by atoms with E-state index in [1.165, 1.54) is 27.6 Å². The Labute approximate surface area is 162 Å². The summed E-state index contributed by atoms with van der Waals surface area (Å²) in [5, 5.41) is 14.9. The topological polar surface area (TPSA) is 70.5 Å². The zero-order valence-corrected chi connectivity index (χ0v) is 15.8. The average molecular weight is 405 g/mol. The molecule has 1 aliphatic carbocycles. The van der Waals surface area contributed by atoms with Crippen LogP contribution in [0.3, 0.4) is 0 Å². The summed E-state index contributed by atoms with van der Waals surface area (Å²) in [4.78, 5) is 29.5. The molecule has 132 valence electrons. The van der Waals surface area contributed by atoms with Gasteiger partial charge in [-0.3, -0.25) is 4.79 Å². The van der Waals surface area contributed by atoms with Crippen molar-refractivity contribution in [3.8, 4) is 11.1 Å². The fourth-order valence-electron chi connectivity index (χ4n) is 2.71. The molecule has 4 rings (SSSR count). The number of thiophene rings is 1. The molecule has 0 spiro atoms. The second-order valence-corrected chi connectivity index (χ2v) is 8.08. The third-order valence-electron chi connectivity index (χ3n) is 4.18. The molecule has 0 unspecified atom stereocenters. The van der Waals surface area contributed by atoms with Crippen LogP contribution in [0.2, 0.25) is 5.02 Å². The van der Waals surface area contributed by atoms with Gasteiger partial charge >= 0.3 is 5.97 Å². The minimum atomic E-state index is -1.09. The molecule has 2 heterocycles. The van der Waals surface area contributed by atoms with Crippen LogP contribution in [0.5, 0.6) is 0 Å². The molecule has 0 bridgehead atoms. The SMILES string of the molecule is O=CN(c1nc(C2CC2)cs1)c1scc(-c2ccc(Cl)cc2)c1C(=O)O. The molecule has 0 radical (unpaired) electrons. The van der Waals surface area contributed by atoms with Crippen molar-refractivity contribution in [1.82, 2.24) is 4.98 Å². The van der Waals surface area contributed by atoms with E-state index in [2.05, 4.69) is 4.98 Å². The second kappa shape index (κ2) is 6.83. The maximum Gasteiger partial charge on any atom is 0.339 e. The van der Waals surface area contributed by atoms with E-state index in [0.29, 0.717) is 33.0 Å². The number of aromatic carboxylic acids is 1. The Morgan fingerprint density at radius 3 is 2.58 bits per heavy atom. The number of carboxylic acids is 1. The Morgan fingerprint density at radius 2 is 1.96 bits per heavy atom. The van der Waals surface area contributed by atoms with Crippen molar-refractivity contribution >= 4 is 56.8 Å². The van der Waals surface area contributed by atoms with E-state index in [9.17, 15) is 14.7 Å². The molecule has 0 aliphatic heterocycles. The Morgan fingerprint density at radius 1 is 1.23 bits per heavy atom. The number of hydrogen-bond acceptors (Lipinski definition) is 5. The second-order valence-electron chi connectivity index (χ2n) is 5.95. The van der Waals surface area contributed by atoms with Gasteiger partial charge in [0.15, 0.2) is 5.13 Å². The van der Waals surface area contributed by atoms with Gasteiger partial charge in [0.1, 0.15) is 10.6 Å². The van der Waals surface area contributed by atoms with Crippen LogP contribution < -0.4 is 4.90 Å². The zero-order chi connectivity index (χ0) is 18.3. The number of carbonyl (C=O) groups excluding carboxylic acids is 1. The minimum absolute atomic E-state index is 0.0904. The molecule has 1 amide bonds. The third kappa shape index (κ3) is 3.13. The summed E-state index contributed by atoms with van der Waals surface area (Å²) in [5.74, 6) is -0.613. The van der Waals surface area contributed by atoms with Crippen LogP contribution in [-0.4, -0.2) is 22.5 Å². The van der Waals surface area contributed by atoms with Crippen molar-refractivity contribution in [2.45, 2.75) is 18.8 Å². The van der Waals surface area contributed by atoms with Crippen LogP contribution >= 0.6 is 34.3 Å². The van der Waals surface area contributed by atoms with Gasteiger partial charge in [-0.15, -0.1) is 22.7 Å². The predicted molar refractivity (Wildman–Crippen MR) is 104 cm³/mol. The lowest BCUT2D eigenvalue weighted by molar-refractivity contribution is -0.106. The smallest absolute Gasteiger partial charge is 0.339 e. The van der Waals surface area contributed by atoms with Crippen molar-refractivity contribution in [2.75, 3.05) is 4.90 Å². The van der Waals surface area contributed by atoms with E-state index in [-0.39, 0.29) is 5.56 Å². The highest BCUT2D eigenvalue weighted by molar-refractivity contribution is 7.17. The number of benzene rings is 1. The van der Waals surface area contributed by atoms with Crippen LogP contribution in [0.1, 0.15) is 34.8 Å².